The van der Waals surface area contributed by atoms with Gasteiger partial charge in [0, 0.05) is 0 Å². The molecule has 0 atom stereocenters. The Morgan fingerprint density at radius 1 is 1.60 bits per heavy atom. The van der Waals surface area contributed by atoms with Gasteiger partial charge in [-0.25, -0.2) is 0 Å². The van der Waals surface area contributed by atoms with E-state index in [0.29, 0.717) is 6.42 Å². The summed E-state index contributed by atoms with van der Waals surface area (Å²) in [7, 11) is -4.83. The monoisotopic (exact) mass is 166 g/mol. The molecule has 0 fully saturated rings. The van der Waals surface area contributed by atoms with Crippen LogP contribution in [0, 0.1) is 0 Å². The van der Waals surface area contributed by atoms with E-state index in [-0.39, 0.29) is 0 Å². The van der Waals surface area contributed by atoms with E-state index < -0.39 is 10.5 Å². The summed E-state index contributed by atoms with van der Waals surface area (Å²) in [6.45, 7) is 3.34. The predicted molar refractivity (Wildman–Crippen MR) is 35.1 cm³/mol. The van der Waals surface area contributed by atoms with Crippen molar-refractivity contribution in [2.24, 2.45) is 0 Å². The normalized spacial score (nSPS) is 11.7. The Bertz CT molecular complexity index is 217. The van der Waals surface area contributed by atoms with Crippen LogP contribution in [0.3, 0.4) is 0 Å². The number of allylic oxidation sites excluding steroid dienone is 2. The van der Waals surface area contributed by atoms with Gasteiger partial charge >= 0.3 is 10.5 Å². The molecule has 0 heterocycles. The molecule has 0 N–H and O–H groups in total. The SMILES string of the molecule is C=CCC=COS(=O)(=O)F. The molecule has 0 aliphatic rings. The first-order valence-corrected chi connectivity index (χ1v) is 3.76. The lowest BCUT2D eigenvalue weighted by molar-refractivity contribution is 0.401. The minimum absolute atomic E-state index is 0.440. The van der Waals surface area contributed by atoms with Gasteiger partial charge in [0.25, 0.3) is 0 Å². The standard InChI is InChI=1S/C5H7FO3S/c1-2-3-4-5-9-10(6,7)8/h2,4-5H,1,3H2. The summed E-state index contributed by atoms with van der Waals surface area (Å²) in [6, 6.07) is 0. The Morgan fingerprint density at radius 3 is 2.60 bits per heavy atom. The molecule has 0 aromatic carbocycles. The van der Waals surface area contributed by atoms with E-state index in [1.165, 1.54) is 12.2 Å². The average molecular weight is 166 g/mol. The van der Waals surface area contributed by atoms with Gasteiger partial charge in [-0.15, -0.1) is 6.58 Å². The van der Waals surface area contributed by atoms with Crippen molar-refractivity contribution in [1.29, 1.82) is 0 Å². The Labute approximate surface area is 59.2 Å². The van der Waals surface area contributed by atoms with Gasteiger partial charge in [-0.3, -0.25) is 0 Å². The van der Waals surface area contributed by atoms with Gasteiger partial charge in [0.2, 0.25) is 0 Å². The molecule has 0 spiro atoms. The van der Waals surface area contributed by atoms with Crippen LogP contribution in [0.2, 0.25) is 0 Å². The van der Waals surface area contributed by atoms with Crippen LogP contribution in [0.4, 0.5) is 3.89 Å². The van der Waals surface area contributed by atoms with Gasteiger partial charge < -0.3 is 4.18 Å². The Kier molecular flexibility index (Phi) is 3.71. The number of halogens is 1. The van der Waals surface area contributed by atoms with Crippen molar-refractivity contribution >= 4 is 10.5 Å². The van der Waals surface area contributed by atoms with Crippen molar-refractivity contribution in [1.82, 2.24) is 0 Å². The molecule has 0 saturated carbocycles. The first-order chi connectivity index (χ1) is 4.56. The maximum absolute atomic E-state index is 11.5. The lowest BCUT2D eigenvalue weighted by atomic mass is 10.4. The Morgan fingerprint density at radius 2 is 2.20 bits per heavy atom. The van der Waals surface area contributed by atoms with E-state index in [0.717, 1.165) is 6.26 Å². The zero-order chi connectivity index (χ0) is 8.04. The average Bonchev–Trinajstić information content (AvgIpc) is 1.78. The molecule has 3 nitrogen and oxygen atoms in total. The first kappa shape index (κ1) is 9.16. The molecule has 0 aromatic rings. The van der Waals surface area contributed by atoms with Gasteiger partial charge in [-0.05, 0) is 12.5 Å². The summed E-state index contributed by atoms with van der Waals surface area (Å²) in [4.78, 5) is 0. The van der Waals surface area contributed by atoms with E-state index >= 15 is 0 Å². The minimum Gasteiger partial charge on any atom is -0.367 e. The molecular weight excluding hydrogens is 159 g/mol. The summed E-state index contributed by atoms with van der Waals surface area (Å²) >= 11 is 0. The summed E-state index contributed by atoms with van der Waals surface area (Å²) in [5.41, 5.74) is 0. The van der Waals surface area contributed by atoms with Crippen molar-refractivity contribution in [2.45, 2.75) is 6.42 Å². The molecule has 58 valence electrons. The van der Waals surface area contributed by atoms with Crippen LogP contribution in [0.15, 0.2) is 25.0 Å². The summed E-state index contributed by atoms with van der Waals surface area (Å²) in [5.74, 6) is 0. The Hall–Kier alpha value is -0.840. The van der Waals surface area contributed by atoms with Crippen LogP contribution >= 0.6 is 0 Å². The lowest BCUT2D eigenvalue weighted by Crippen LogP contribution is -1.89. The quantitative estimate of drug-likeness (QED) is 0.359. The molecule has 0 unspecified atom stereocenters. The third kappa shape index (κ3) is 7.16. The Balaban J connectivity index is 3.65. The van der Waals surface area contributed by atoms with Crippen molar-refractivity contribution in [3.05, 3.63) is 25.0 Å². The second-order valence-corrected chi connectivity index (χ2v) is 2.36. The highest BCUT2D eigenvalue weighted by molar-refractivity contribution is 7.81. The van der Waals surface area contributed by atoms with Crippen LogP contribution < -0.4 is 0 Å². The molecule has 5 heteroatoms. The summed E-state index contributed by atoms with van der Waals surface area (Å²) in [5, 5.41) is 0. The third-order valence-corrected chi connectivity index (χ3v) is 0.910. The van der Waals surface area contributed by atoms with Gasteiger partial charge in [0.05, 0.1) is 0 Å². The van der Waals surface area contributed by atoms with Crippen molar-refractivity contribution in [2.75, 3.05) is 0 Å². The van der Waals surface area contributed by atoms with Crippen LogP contribution in [-0.4, -0.2) is 8.42 Å². The van der Waals surface area contributed by atoms with Crippen molar-refractivity contribution in [3.63, 3.8) is 0 Å². The number of rotatable bonds is 4. The molecule has 0 saturated heterocycles. The van der Waals surface area contributed by atoms with Gasteiger partial charge in [-0.2, -0.15) is 8.42 Å². The van der Waals surface area contributed by atoms with Crippen LogP contribution in [0.1, 0.15) is 6.42 Å². The first-order valence-electron chi connectivity index (χ1n) is 2.45. The lowest BCUT2D eigenvalue weighted by Gasteiger charge is -1.87. The van der Waals surface area contributed by atoms with Crippen molar-refractivity contribution in [3.8, 4) is 0 Å². The fourth-order valence-electron chi connectivity index (χ4n) is 0.257. The van der Waals surface area contributed by atoms with Crippen LogP contribution in [-0.2, 0) is 14.7 Å². The highest BCUT2D eigenvalue weighted by Gasteiger charge is 2.01. The van der Waals surface area contributed by atoms with E-state index in [1.54, 1.807) is 0 Å². The highest BCUT2D eigenvalue weighted by Crippen LogP contribution is 1.94. The maximum atomic E-state index is 11.5. The molecule has 0 rings (SSSR count). The van der Waals surface area contributed by atoms with E-state index in [9.17, 15) is 12.3 Å². The largest absolute Gasteiger partial charge is 0.488 e. The fraction of sp³-hybridized carbons (Fsp3) is 0.200. The molecule has 0 amide bonds. The molecule has 10 heavy (non-hydrogen) atoms. The predicted octanol–water partition coefficient (Wildman–Crippen LogP) is 1.31. The van der Waals surface area contributed by atoms with E-state index in [2.05, 4.69) is 10.8 Å². The van der Waals surface area contributed by atoms with Crippen LogP contribution in [0.25, 0.3) is 0 Å². The van der Waals surface area contributed by atoms with Gasteiger partial charge in [0.1, 0.15) is 6.26 Å². The molecule has 0 radical (unpaired) electrons. The summed E-state index contributed by atoms with van der Waals surface area (Å²) < 4.78 is 34.4. The molecule has 0 aromatic heterocycles. The zero-order valence-corrected chi connectivity index (χ0v) is 5.97. The van der Waals surface area contributed by atoms with Gasteiger partial charge in [-0.1, -0.05) is 9.96 Å². The topological polar surface area (TPSA) is 43.4 Å². The van der Waals surface area contributed by atoms with E-state index in [1.807, 2.05) is 0 Å². The molecule has 0 bridgehead atoms. The van der Waals surface area contributed by atoms with Crippen molar-refractivity contribution < 1.29 is 16.5 Å². The zero-order valence-electron chi connectivity index (χ0n) is 5.16. The smallest absolute Gasteiger partial charge is 0.367 e. The van der Waals surface area contributed by atoms with Crippen LogP contribution in [0.5, 0.6) is 0 Å². The fourth-order valence-corrected chi connectivity index (χ4v) is 0.469. The van der Waals surface area contributed by atoms with Gasteiger partial charge in [0.15, 0.2) is 0 Å². The molecule has 0 aliphatic carbocycles. The number of hydrogen-bond acceptors (Lipinski definition) is 3. The molecule has 0 aliphatic heterocycles. The second kappa shape index (κ2) is 4.05. The third-order valence-electron chi connectivity index (χ3n) is 0.569. The molecular formula is C5H7FO3S. The number of hydrogen-bond donors (Lipinski definition) is 0. The second-order valence-electron chi connectivity index (χ2n) is 1.39. The minimum atomic E-state index is -4.83. The van der Waals surface area contributed by atoms with E-state index in [4.69, 9.17) is 0 Å². The summed E-state index contributed by atoms with van der Waals surface area (Å²) in [6.07, 6.45) is 4.04. The highest BCUT2D eigenvalue weighted by atomic mass is 32.3. The maximum Gasteiger partial charge on any atom is 0.488 e.